The van der Waals surface area contributed by atoms with Gasteiger partial charge in [-0.25, -0.2) is 0 Å². The number of thiophene rings is 1. The first kappa shape index (κ1) is 17.9. The Morgan fingerprint density at radius 1 is 1.22 bits per heavy atom. The molecule has 1 N–H and O–H groups in total. The van der Waals surface area contributed by atoms with Gasteiger partial charge in [-0.05, 0) is 55.5 Å². The molecule has 1 fully saturated rings. The predicted molar refractivity (Wildman–Crippen MR) is 107 cm³/mol. The molecule has 4 rings (SSSR count). The summed E-state index contributed by atoms with van der Waals surface area (Å²) in [6, 6.07) is 11.4. The number of nitrogens with zero attached hydrogens (tertiary/aromatic N) is 3. The molecule has 2 aromatic heterocycles. The van der Waals surface area contributed by atoms with Crippen LogP contribution in [0.1, 0.15) is 36.2 Å². The molecule has 1 aliphatic carbocycles. The van der Waals surface area contributed by atoms with Crippen LogP contribution in [-0.2, 0) is 4.79 Å². The van der Waals surface area contributed by atoms with Crippen LogP contribution >= 0.6 is 23.1 Å². The number of carbonyl (C=O) groups is 2. The smallest absolute Gasteiger partial charge is 0.234 e. The summed E-state index contributed by atoms with van der Waals surface area (Å²) in [6.07, 6.45) is 2.25. The molecule has 2 heterocycles. The van der Waals surface area contributed by atoms with E-state index in [9.17, 15) is 9.59 Å². The minimum Gasteiger partial charge on any atom is -0.325 e. The summed E-state index contributed by atoms with van der Waals surface area (Å²) < 4.78 is 2.16. The molecule has 0 saturated heterocycles. The number of carbonyl (C=O) groups excluding carboxylic acids is 2. The second-order valence-electron chi connectivity index (χ2n) is 6.36. The van der Waals surface area contributed by atoms with E-state index in [2.05, 4.69) is 20.1 Å². The van der Waals surface area contributed by atoms with Crippen molar-refractivity contribution >= 4 is 40.5 Å². The van der Waals surface area contributed by atoms with Crippen LogP contribution in [0.5, 0.6) is 0 Å². The lowest BCUT2D eigenvalue weighted by Gasteiger charge is -2.08. The Balaban J connectivity index is 1.41. The minimum absolute atomic E-state index is 0.00406. The average Bonchev–Trinajstić information content (AvgIpc) is 3.18. The van der Waals surface area contributed by atoms with Gasteiger partial charge in [-0.1, -0.05) is 17.8 Å². The van der Waals surface area contributed by atoms with Gasteiger partial charge in [0.15, 0.2) is 16.8 Å². The van der Waals surface area contributed by atoms with Crippen LogP contribution in [-0.4, -0.2) is 32.2 Å². The number of thioether (sulfide) groups is 1. The lowest BCUT2D eigenvalue weighted by atomic mass is 10.1. The molecule has 8 heteroatoms. The van der Waals surface area contributed by atoms with E-state index in [1.165, 1.54) is 18.7 Å². The van der Waals surface area contributed by atoms with E-state index in [1.807, 2.05) is 17.5 Å². The summed E-state index contributed by atoms with van der Waals surface area (Å²) >= 11 is 3.04. The van der Waals surface area contributed by atoms with E-state index >= 15 is 0 Å². The topological polar surface area (TPSA) is 76.9 Å². The largest absolute Gasteiger partial charge is 0.325 e. The van der Waals surface area contributed by atoms with Crippen molar-refractivity contribution in [3.05, 3.63) is 47.3 Å². The highest BCUT2D eigenvalue weighted by molar-refractivity contribution is 7.99. The Labute approximate surface area is 165 Å². The normalized spacial score (nSPS) is 13.5. The Morgan fingerprint density at radius 2 is 2.00 bits per heavy atom. The van der Waals surface area contributed by atoms with Crippen molar-refractivity contribution in [1.82, 2.24) is 14.8 Å². The first-order valence-corrected chi connectivity index (χ1v) is 10.5. The molecule has 6 nitrogen and oxygen atoms in total. The van der Waals surface area contributed by atoms with Crippen LogP contribution in [0.3, 0.4) is 0 Å². The Kier molecular flexibility index (Phi) is 5.09. The highest BCUT2D eigenvalue weighted by Gasteiger charge is 2.30. The van der Waals surface area contributed by atoms with Gasteiger partial charge in [0, 0.05) is 17.3 Å². The number of hydrogen-bond donors (Lipinski definition) is 1. The first-order chi connectivity index (χ1) is 13.1. The average molecular weight is 399 g/mol. The minimum atomic E-state index is -0.112. The fourth-order valence-electron chi connectivity index (χ4n) is 2.73. The quantitative estimate of drug-likeness (QED) is 0.475. The standard InChI is InChI=1S/C19H18N4O2S2/c1-12(24)13-4-6-14(7-5-13)20-17(25)11-27-19-22-21-18(16-3-2-10-26-16)23(19)15-8-9-15/h2-7,10,15H,8-9,11H2,1H3,(H,20,25). The summed E-state index contributed by atoms with van der Waals surface area (Å²) in [5.41, 5.74) is 1.30. The van der Waals surface area contributed by atoms with Gasteiger partial charge in [0.05, 0.1) is 10.6 Å². The summed E-state index contributed by atoms with van der Waals surface area (Å²) in [4.78, 5) is 24.7. The molecule has 27 heavy (non-hydrogen) atoms. The van der Waals surface area contributed by atoms with Gasteiger partial charge in [-0.2, -0.15) is 0 Å². The van der Waals surface area contributed by atoms with Crippen LogP contribution in [0, 0.1) is 0 Å². The lowest BCUT2D eigenvalue weighted by molar-refractivity contribution is -0.113. The van der Waals surface area contributed by atoms with E-state index in [4.69, 9.17) is 0 Å². The summed E-state index contributed by atoms with van der Waals surface area (Å²) in [5, 5.41) is 14.3. The molecular weight excluding hydrogens is 380 g/mol. The summed E-state index contributed by atoms with van der Waals surface area (Å²) in [6.45, 7) is 1.52. The Bertz CT molecular complexity index is 960. The molecule has 1 aromatic carbocycles. The van der Waals surface area contributed by atoms with Crippen LogP contribution in [0.25, 0.3) is 10.7 Å². The fraction of sp³-hybridized carbons (Fsp3) is 0.263. The van der Waals surface area contributed by atoms with Crippen molar-refractivity contribution in [2.75, 3.05) is 11.1 Å². The third kappa shape index (κ3) is 4.12. The van der Waals surface area contributed by atoms with E-state index in [1.54, 1.807) is 35.6 Å². The molecule has 0 radical (unpaired) electrons. The van der Waals surface area contributed by atoms with Crippen molar-refractivity contribution < 1.29 is 9.59 Å². The molecule has 138 valence electrons. The number of amides is 1. The van der Waals surface area contributed by atoms with Crippen molar-refractivity contribution in [2.45, 2.75) is 31.0 Å². The first-order valence-electron chi connectivity index (χ1n) is 8.64. The molecule has 0 bridgehead atoms. The third-order valence-electron chi connectivity index (χ3n) is 4.23. The summed E-state index contributed by atoms with van der Waals surface area (Å²) in [7, 11) is 0. The van der Waals surface area contributed by atoms with Gasteiger partial charge in [-0.3, -0.25) is 14.2 Å². The molecule has 0 atom stereocenters. The zero-order valence-electron chi connectivity index (χ0n) is 14.7. The van der Waals surface area contributed by atoms with Crippen molar-refractivity contribution in [1.29, 1.82) is 0 Å². The highest BCUT2D eigenvalue weighted by atomic mass is 32.2. The lowest BCUT2D eigenvalue weighted by Crippen LogP contribution is -2.14. The zero-order chi connectivity index (χ0) is 18.8. The molecule has 0 aliphatic heterocycles. The van der Waals surface area contributed by atoms with E-state index in [-0.39, 0.29) is 17.4 Å². The number of rotatable bonds is 7. The molecule has 0 spiro atoms. The predicted octanol–water partition coefficient (Wildman–Crippen LogP) is 4.27. The molecule has 1 saturated carbocycles. The zero-order valence-corrected chi connectivity index (χ0v) is 16.3. The number of anilines is 1. The molecular formula is C19H18N4O2S2. The van der Waals surface area contributed by atoms with E-state index in [0.29, 0.717) is 17.3 Å². The van der Waals surface area contributed by atoms with Crippen molar-refractivity contribution in [3.63, 3.8) is 0 Å². The Hall–Kier alpha value is -2.45. The van der Waals surface area contributed by atoms with E-state index in [0.717, 1.165) is 28.7 Å². The van der Waals surface area contributed by atoms with Gasteiger partial charge in [0.1, 0.15) is 0 Å². The van der Waals surface area contributed by atoms with Gasteiger partial charge in [-0.15, -0.1) is 21.5 Å². The maximum atomic E-state index is 12.3. The monoisotopic (exact) mass is 398 g/mol. The van der Waals surface area contributed by atoms with Gasteiger partial charge in [0.2, 0.25) is 5.91 Å². The van der Waals surface area contributed by atoms with Gasteiger partial charge >= 0.3 is 0 Å². The number of hydrogen-bond acceptors (Lipinski definition) is 6. The van der Waals surface area contributed by atoms with Crippen LogP contribution in [0.2, 0.25) is 0 Å². The number of Topliss-reactive ketones (excluding diaryl/α,β-unsaturated/α-hetero) is 1. The highest BCUT2D eigenvalue weighted by Crippen LogP contribution is 2.41. The molecule has 1 amide bonds. The van der Waals surface area contributed by atoms with Crippen LogP contribution < -0.4 is 5.32 Å². The molecule has 3 aromatic rings. The Morgan fingerprint density at radius 3 is 2.63 bits per heavy atom. The van der Waals surface area contributed by atoms with Crippen molar-refractivity contribution in [3.8, 4) is 10.7 Å². The van der Waals surface area contributed by atoms with Crippen LogP contribution in [0.15, 0.2) is 46.9 Å². The van der Waals surface area contributed by atoms with Crippen molar-refractivity contribution in [2.24, 2.45) is 0 Å². The van der Waals surface area contributed by atoms with Gasteiger partial charge in [0.25, 0.3) is 0 Å². The fourth-order valence-corrected chi connectivity index (χ4v) is 4.24. The number of aromatic nitrogens is 3. The third-order valence-corrected chi connectivity index (χ3v) is 6.03. The second kappa shape index (κ2) is 7.66. The number of nitrogens with one attached hydrogen (secondary N) is 1. The number of benzene rings is 1. The van der Waals surface area contributed by atoms with Gasteiger partial charge < -0.3 is 5.32 Å². The molecule has 1 aliphatic rings. The molecule has 0 unspecified atom stereocenters. The maximum Gasteiger partial charge on any atom is 0.234 e. The number of ketones is 1. The second-order valence-corrected chi connectivity index (χ2v) is 8.25. The SMILES string of the molecule is CC(=O)c1ccc(NC(=O)CSc2nnc(-c3cccs3)n2C2CC2)cc1. The maximum absolute atomic E-state index is 12.3. The summed E-state index contributed by atoms with van der Waals surface area (Å²) in [5.74, 6) is 1.03. The van der Waals surface area contributed by atoms with Crippen LogP contribution in [0.4, 0.5) is 5.69 Å². The van der Waals surface area contributed by atoms with E-state index < -0.39 is 0 Å².